The summed E-state index contributed by atoms with van der Waals surface area (Å²) in [5, 5.41) is 0.463. The standard InChI is InChI=1S/C16H14ClFO2/c1-10-3-5-13(18)7-11(10)8-15(19)14-9-12(17)4-6-16(14)20-2/h3-7,9H,8H2,1-2H3. The number of aryl methyl sites for hydroxylation is 1. The lowest BCUT2D eigenvalue weighted by Gasteiger charge is -2.09. The minimum Gasteiger partial charge on any atom is -0.496 e. The molecule has 0 bridgehead atoms. The number of ketones is 1. The lowest BCUT2D eigenvalue weighted by molar-refractivity contribution is 0.0990. The van der Waals surface area contributed by atoms with Gasteiger partial charge in [-0.1, -0.05) is 17.7 Å². The van der Waals surface area contributed by atoms with E-state index < -0.39 is 0 Å². The Morgan fingerprint density at radius 1 is 1.25 bits per heavy atom. The van der Waals surface area contributed by atoms with Crippen molar-refractivity contribution in [2.24, 2.45) is 0 Å². The second kappa shape index (κ2) is 6.06. The van der Waals surface area contributed by atoms with Crippen molar-refractivity contribution in [2.45, 2.75) is 13.3 Å². The Bertz CT molecular complexity index is 653. The summed E-state index contributed by atoms with van der Waals surface area (Å²) >= 11 is 5.91. The molecule has 0 heterocycles. The van der Waals surface area contributed by atoms with Crippen molar-refractivity contribution in [3.63, 3.8) is 0 Å². The molecule has 0 N–H and O–H groups in total. The van der Waals surface area contributed by atoms with Gasteiger partial charge in [-0.25, -0.2) is 4.39 Å². The molecule has 0 aromatic heterocycles. The van der Waals surface area contributed by atoms with Crippen LogP contribution >= 0.6 is 11.6 Å². The van der Waals surface area contributed by atoms with Crippen LogP contribution in [0.25, 0.3) is 0 Å². The topological polar surface area (TPSA) is 26.3 Å². The number of methoxy groups -OCH3 is 1. The number of ether oxygens (including phenoxy) is 1. The van der Waals surface area contributed by atoms with E-state index in [2.05, 4.69) is 0 Å². The van der Waals surface area contributed by atoms with Gasteiger partial charge in [0.05, 0.1) is 12.7 Å². The Hall–Kier alpha value is -1.87. The summed E-state index contributed by atoms with van der Waals surface area (Å²) in [6.07, 6.45) is 0.111. The van der Waals surface area contributed by atoms with Crippen LogP contribution in [0.4, 0.5) is 4.39 Å². The number of benzene rings is 2. The zero-order chi connectivity index (χ0) is 14.7. The second-order valence-electron chi connectivity index (χ2n) is 4.52. The highest BCUT2D eigenvalue weighted by atomic mass is 35.5. The molecule has 0 saturated carbocycles. The first-order chi connectivity index (χ1) is 9.51. The molecule has 0 amide bonds. The zero-order valence-electron chi connectivity index (χ0n) is 11.2. The summed E-state index contributed by atoms with van der Waals surface area (Å²) in [4.78, 5) is 12.3. The monoisotopic (exact) mass is 292 g/mol. The molecule has 0 atom stereocenters. The summed E-state index contributed by atoms with van der Waals surface area (Å²) in [6, 6.07) is 9.29. The first kappa shape index (κ1) is 14.5. The molecule has 104 valence electrons. The smallest absolute Gasteiger partial charge is 0.171 e. The molecule has 0 radical (unpaired) electrons. The van der Waals surface area contributed by atoms with Crippen molar-refractivity contribution < 1.29 is 13.9 Å². The molecule has 0 spiro atoms. The van der Waals surface area contributed by atoms with Crippen molar-refractivity contribution in [1.82, 2.24) is 0 Å². The number of hydrogen-bond acceptors (Lipinski definition) is 2. The second-order valence-corrected chi connectivity index (χ2v) is 4.95. The van der Waals surface area contributed by atoms with E-state index in [1.54, 1.807) is 24.3 Å². The fourth-order valence-electron chi connectivity index (χ4n) is 2.00. The van der Waals surface area contributed by atoms with E-state index in [1.807, 2.05) is 6.92 Å². The molecule has 2 aromatic rings. The van der Waals surface area contributed by atoms with Gasteiger partial charge in [-0.3, -0.25) is 4.79 Å². The van der Waals surface area contributed by atoms with Crippen LogP contribution in [0.5, 0.6) is 5.75 Å². The van der Waals surface area contributed by atoms with Crippen molar-refractivity contribution >= 4 is 17.4 Å². The van der Waals surface area contributed by atoms with E-state index in [-0.39, 0.29) is 18.0 Å². The van der Waals surface area contributed by atoms with Crippen LogP contribution in [-0.4, -0.2) is 12.9 Å². The van der Waals surface area contributed by atoms with E-state index in [0.717, 1.165) is 5.56 Å². The summed E-state index contributed by atoms with van der Waals surface area (Å²) < 4.78 is 18.4. The molecule has 0 aliphatic rings. The lowest BCUT2D eigenvalue weighted by atomic mass is 9.99. The predicted molar refractivity (Wildman–Crippen MR) is 77.2 cm³/mol. The van der Waals surface area contributed by atoms with Gasteiger partial charge in [0, 0.05) is 11.4 Å². The SMILES string of the molecule is COc1ccc(Cl)cc1C(=O)Cc1cc(F)ccc1C. The molecule has 2 aromatic carbocycles. The Morgan fingerprint density at radius 2 is 2.00 bits per heavy atom. The van der Waals surface area contributed by atoms with Gasteiger partial charge in [-0.05, 0) is 48.4 Å². The number of carbonyl (C=O) groups is 1. The van der Waals surface area contributed by atoms with Gasteiger partial charge in [0.2, 0.25) is 0 Å². The fraction of sp³-hybridized carbons (Fsp3) is 0.188. The molecule has 0 unspecified atom stereocenters. The highest BCUT2D eigenvalue weighted by Crippen LogP contribution is 2.24. The first-order valence-electron chi connectivity index (χ1n) is 6.13. The van der Waals surface area contributed by atoms with Gasteiger partial charge in [-0.15, -0.1) is 0 Å². The molecule has 2 nitrogen and oxygen atoms in total. The molecule has 4 heteroatoms. The molecule has 0 saturated heterocycles. The Labute approximate surface area is 122 Å². The van der Waals surface area contributed by atoms with Gasteiger partial charge >= 0.3 is 0 Å². The van der Waals surface area contributed by atoms with E-state index in [1.165, 1.54) is 19.2 Å². The summed E-state index contributed by atoms with van der Waals surface area (Å²) in [7, 11) is 1.49. The van der Waals surface area contributed by atoms with E-state index >= 15 is 0 Å². The predicted octanol–water partition coefficient (Wildman–Crippen LogP) is 4.22. The molecule has 0 aliphatic heterocycles. The van der Waals surface area contributed by atoms with Crippen LogP contribution in [0.1, 0.15) is 21.5 Å². The molecule has 2 rings (SSSR count). The quantitative estimate of drug-likeness (QED) is 0.789. The number of carbonyl (C=O) groups excluding carboxylic acids is 1. The number of rotatable bonds is 4. The van der Waals surface area contributed by atoms with Crippen molar-refractivity contribution in [2.75, 3.05) is 7.11 Å². The third kappa shape index (κ3) is 3.17. The maximum atomic E-state index is 13.3. The van der Waals surface area contributed by atoms with Crippen molar-refractivity contribution in [1.29, 1.82) is 0 Å². The van der Waals surface area contributed by atoms with E-state index in [4.69, 9.17) is 16.3 Å². The zero-order valence-corrected chi connectivity index (χ0v) is 12.0. The number of Topliss-reactive ketones (excluding diaryl/α,β-unsaturated/α-hetero) is 1. The van der Waals surface area contributed by atoms with Gasteiger partial charge < -0.3 is 4.74 Å². The first-order valence-corrected chi connectivity index (χ1v) is 6.51. The fourth-order valence-corrected chi connectivity index (χ4v) is 2.17. The molecular weight excluding hydrogens is 279 g/mol. The van der Waals surface area contributed by atoms with Crippen LogP contribution in [-0.2, 0) is 6.42 Å². The molecule has 20 heavy (non-hydrogen) atoms. The maximum Gasteiger partial charge on any atom is 0.171 e. The highest BCUT2D eigenvalue weighted by Gasteiger charge is 2.15. The minimum atomic E-state index is -0.351. The van der Waals surface area contributed by atoms with Gasteiger partial charge in [0.1, 0.15) is 11.6 Å². The Morgan fingerprint density at radius 3 is 2.70 bits per heavy atom. The summed E-state index contributed by atoms with van der Waals surface area (Å²) in [5.74, 6) is -0.0389. The average molecular weight is 293 g/mol. The van der Waals surface area contributed by atoms with Crippen LogP contribution in [0.3, 0.4) is 0 Å². The normalized spacial score (nSPS) is 10.4. The average Bonchev–Trinajstić information content (AvgIpc) is 2.42. The van der Waals surface area contributed by atoms with Crippen molar-refractivity contribution in [3.8, 4) is 5.75 Å². The third-order valence-corrected chi connectivity index (χ3v) is 3.36. The number of halogens is 2. The van der Waals surface area contributed by atoms with Crippen LogP contribution in [0.15, 0.2) is 36.4 Å². The Balaban J connectivity index is 2.32. The largest absolute Gasteiger partial charge is 0.496 e. The van der Waals surface area contributed by atoms with Crippen LogP contribution in [0.2, 0.25) is 5.02 Å². The van der Waals surface area contributed by atoms with Crippen molar-refractivity contribution in [3.05, 3.63) is 63.9 Å². The lowest BCUT2D eigenvalue weighted by Crippen LogP contribution is -2.07. The van der Waals surface area contributed by atoms with Crippen LogP contribution < -0.4 is 4.74 Å². The van der Waals surface area contributed by atoms with E-state index in [9.17, 15) is 9.18 Å². The van der Waals surface area contributed by atoms with Gasteiger partial charge in [0.15, 0.2) is 5.78 Å². The molecular formula is C16H14ClFO2. The van der Waals surface area contributed by atoms with Crippen LogP contribution in [0, 0.1) is 12.7 Å². The third-order valence-electron chi connectivity index (χ3n) is 3.12. The minimum absolute atomic E-state index is 0.111. The summed E-state index contributed by atoms with van der Waals surface area (Å²) in [6.45, 7) is 1.84. The maximum absolute atomic E-state index is 13.3. The van der Waals surface area contributed by atoms with E-state index in [0.29, 0.717) is 21.9 Å². The van der Waals surface area contributed by atoms with Gasteiger partial charge in [-0.2, -0.15) is 0 Å². The number of hydrogen-bond donors (Lipinski definition) is 0. The molecule has 0 fully saturated rings. The highest BCUT2D eigenvalue weighted by molar-refractivity contribution is 6.31. The Kier molecular flexibility index (Phi) is 4.40. The molecule has 0 aliphatic carbocycles. The van der Waals surface area contributed by atoms with Gasteiger partial charge in [0.25, 0.3) is 0 Å². The summed E-state index contributed by atoms with van der Waals surface area (Å²) in [5.41, 5.74) is 1.95.